The normalized spacial score (nSPS) is 11.0. The van der Waals surface area contributed by atoms with Gasteiger partial charge in [-0.05, 0) is 49.2 Å². The van der Waals surface area contributed by atoms with Crippen molar-refractivity contribution in [3.63, 3.8) is 0 Å². The topological polar surface area (TPSA) is 104 Å². The standard InChI is InChI=1S/C19H22FN3O4S/c20-16-10-12-17(13-11-16)28(26,27)21-14-6-2-5-9-18(24)22-23-19(25)15-7-3-1-4-8-15/h1,3-4,7-8,10-13,21H,2,5-6,9,14H2,(H,22,24)(H,23,25). The zero-order valence-corrected chi connectivity index (χ0v) is 16.0. The van der Waals surface area contributed by atoms with Crippen molar-refractivity contribution in [2.75, 3.05) is 6.54 Å². The van der Waals surface area contributed by atoms with Crippen LogP contribution in [0.1, 0.15) is 36.0 Å². The van der Waals surface area contributed by atoms with Crippen LogP contribution < -0.4 is 15.6 Å². The Hall–Kier alpha value is -2.78. The number of carbonyl (C=O) groups is 2. The van der Waals surface area contributed by atoms with Crippen LogP contribution in [-0.2, 0) is 14.8 Å². The second-order valence-electron chi connectivity index (χ2n) is 6.03. The van der Waals surface area contributed by atoms with Crippen LogP contribution in [0, 0.1) is 5.82 Å². The molecule has 3 N–H and O–H groups in total. The van der Waals surface area contributed by atoms with Gasteiger partial charge in [-0.2, -0.15) is 0 Å². The second-order valence-corrected chi connectivity index (χ2v) is 7.80. The van der Waals surface area contributed by atoms with Gasteiger partial charge in [-0.3, -0.25) is 20.4 Å². The highest BCUT2D eigenvalue weighted by Gasteiger charge is 2.13. The molecule has 0 heterocycles. The summed E-state index contributed by atoms with van der Waals surface area (Å²) in [5.41, 5.74) is 5.12. The molecule has 0 unspecified atom stereocenters. The maximum Gasteiger partial charge on any atom is 0.269 e. The molecule has 0 aliphatic heterocycles. The third kappa shape index (κ3) is 7.09. The average Bonchev–Trinajstić information content (AvgIpc) is 2.69. The van der Waals surface area contributed by atoms with Crippen molar-refractivity contribution < 1.29 is 22.4 Å². The highest BCUT2D eigenvalue weighted by molar-refractivity contribution is 7.89. The minimum atomic E-state index is -3.67. The molecule has 28 heavy (non-hydrogen) atoms. The Balaban J connectivity index is 1.59. The predicted molar refractivity (Wildman–Crippen MR) is 102 cm³/mol. The van der Waals surface area contributed by atoms with Gasteiger partial charge in [0.1, 0.15) is 5.82 Å². The van der Waals surface area contributed by atoms with Gasteiger partial charge >= 0.3 is 0 Å². The van der Waals surface area contributed by atoms with E-state index >= 15 is 0 Å². The number of carbonyl (C=O) groups excluding carboxylic acids is 2. The molecule has 150 valence electrons. The van der Waals surface area contributed by atoms with E-state index in [0.717, 1.165) is 12.1 Å². The molecule has 2 aromatic carbocycles. The van der Waals surface area contributed by atoms with E-state index in [9.17, 15) is 22.4 Å². The first kappa shape index (κ1) is 21.5. The van der Waals surface area contributed by atoms with E-state index in [1.165, 1.54) is 12.1 Å². The fourth-order valence-electron chi connectivity index (χ4n) is 2.34. The Morgan fingerprint density at radius 1 is 0.857 bits per heavy atom. The monoisotopic (exact) mass is 407 g/mol. The Kier molecular flexibility index (Phi) is 8.09. The fourth-order valence-corrected chi connectivity index (χ4v) is 3.42. The Morgan fingerprint density at radius 2 is 1.54 bits per heavy atom. The first-order valence-electron chi connectivity index (χ1n) is 8.78. The smallest absolute Gasteiger partial charge is 0.269 e. The average molecular weight is 407 g/mol. The van der Waals surface area contributed by atoms with E-state index in [-0.39, 0.29) is 23.8 Å². The summed E-state index contributed by atoms with van der Waals surface area (Å²) in [6, 6.07) is 13.1. The van der Waals surface area contributed by atoms with Crippen LogP contribution in [0.25, 0.3) is 0 Å². The molecule has 0 aromatic heterocycles. The number of hydrogen-bond donors (Lipinski definition) is 3. The second kappa shape index (κ2) is 10.5. The molecule has 0 spiro atoms. The lowest BCUT2D eigenvalue weighted by atomic mass is 10.2. The molecule has 9 heteroatoms. The molecule has 0 atom stereocenters. The lowest BCUT2D eigenvalue weighted by molar-refractivity contribution is -0.122. The van der Waals surface area contributed by atoms with Gasteiger partial charge in [0.2, 0.25) is 15.9 Å². The number of halogens is 1. The van der Waals surface area contributed by atoms with Gasteiger partial charge in [0.25, 0.3) is 5.91 Å². The molecule has 2 rings (SSSR count). The van der Waals surface area contributed by atoms with E-state index in [0.29, 0.717) is 24.8 Å². The summed E-state index contributed by atoms with van der Waals surface area (Å²) < 4.78 is 39.3. The van der Waals surface area contributed by atoms with Crippen molar-refractivity contribution >= 4 is 21.8 Å². The van der Waals surface area contributed by atoms with Crippen molar-refractivity contribution in [1.82, 2.24) is 15.6 Å². The molecule has 0 saturated heterocycles. The number of hydrogen-bond acceptors (Lipinski definition) is 4. The largest absolute Gasteiger partial charge is 0.273 e. The van der Waals surface area contributed by atoms with E-state index < -0.39 is 21.7 Å². The first-order chi connectivity index (χ1) is 13.4. The van der Waals surface area contributed by atoms with Gasteiger partial charge < -0.3 is 0 Å². The van der Waals surface area contributed by atoms with Crippen molar-refractivity contribution in [2.24, 2.45) is 0 Å². The summed E-state index contributed by atoms with van der Waals surface area (Å²) in [6.07, 6.45) is 1.93. The van der Waals surface area contributed by atoms with Gasteiger partial charge in [0.05, 0.1) is 4.90 Å². The maximum absolute atomic E-state index is 12.8. The van der Waals surface area contributed by atoms with E-state index in [1.807, 2.05) is 0 Å². The summed E-state index contributed by atoms with van der Waals surface area (Å²) in [5.74, 6) is -1.22. The van der Waals surface area contributed by atoms with Crippen LogP contribution in [0.3, 0.4) is 0 Å². The zero-order chi connectivity index (χ0) is 20.4. The van der Waals surface area contributed by atoms with Crippen molar-refractivity contribution in [2.45, 2.75) is 30.6 Å². The molecule has 0 aliphatic rings. The number of nitrogens with one attached hydrogen (secondary N) is 3. The van der Waals surface area contributed by atoms with Crippen LogP contribution in [0.15, 0.2) is 59.5 Å². The fraction of sp³-hybridized carbons (Fsp3) is 0.263. The number of hydrazine groups is 1. The summed E-state index contributed by atoms with van der Waals surface area (Å²) in [4.78, 5) is 23.5. The van der Waals surface area contributed by atoms with E-state index in [1.54, 1.807) is 30.3 Å². The molecule has 0 fully saturated rings. The maximum atomic E-state index is 12.8. The summed E-state index contributed by atoms with van der Waals surface area (Å²) in [5, 5.41) is 0. The van der Waals surface area contributed by atoms with Gasteiger partial charge in [-0.1, -0.05) is 24.6 Å². The SMILES string of the molecule is O=C(CCCCCNS(=O)(=O)c1ccc(F)cc1)NNC(=O)c1ccccc1. The Morgan fingerprint density at radius 3 is 2.21 bits per heavy atom. The number of rotatable bonds is 9. The van der Waals surface area contributed by atoms with Gasteiger partial charge in [-0.15, -0.1) is 0 Å². The molecule has 0 aliphatic carbocycles. The quantitative estimate of drug-likeness (QED) is 0.437. The Bertz CT molecular complexity index is 887. The molecule has 7 nitrogen and oxygen atoms in total. The summed E-state index contributed by atoms with van der Waals surface area (Å²) >= 11 is 0. The van der Waals surface area contributed by atoms with Gasteiger partial charge in [-0.25, -0.2) is 17.5 Å². The number of benzene rings is 2. The van der Waals surface area contributed by atoms with E-state index in [2.05, 4.69) is 15.6 Å². The third-order valence-corrected chi connectivity index (χ3v) is 5.32. The molecule has 0 bridgehead atoms. The lowest BCUT2D eigenvalue weighted by Gasteiger charge is -2.08. The number of amides is 2. The first-order valence-corrected chi connectivity index (χ1v) is 10.3. The van der Waals surface area contributed by atoms with Crippen LogP contribution in [0.5, 0.6) is 0 Å². The predicted octanol–water partition coefficient (Wildman–Crippen LogP) is 2.13. The summed E-state index contributed by atoms with van der Waals surface area (Å²) in [7, 11) is -3.67. The van der Waals surface area contributed by atoms with Crippen molar-refractivity contribution in [3.8, 4) is 0 Å². The van der Waals surface area contributed by atoms with E-state index in [4.69, 9.17) is 0 Å². The highest BCUT2D eigenvalue weighted by Crippen LogP contribution is 2.09. The zero-order valence-electron chi connectivity index (χ0n) is 15.2. The lowest BCUT2D eigenvalue weighted by Crippen LogP contribution is -2.41. The van der Waals surface area contributed by atoms with Crippen molar-refractivity contribution in [3.05, 3.63) is 66.0 Å². The number of sulfonamides is 1. The molecule has 2 aromatic rings. The Labute approximate surface area is 163 Å². The van der Waals surface area contributed by atoms with Gasteiger partial charge in [0, 0.05) is 18.5 Å². The van der Waals surface area contributed by atoms with Crippen LogP contribution in [-0.4, -0.2) is 26.8 Å². The van der Waals surface area contributed by atoms with Crippen LogP contribution >= 0.6 is 0 Å². The summed E-state index contributed by atoms with van der Waals surface area (Å²) in [6.45, 7) is 0.214. The highest BCUT2D eigenvalue weighted by atomic mass is 32.2. The molecule has 2 amide bonds. The minimum Gasteiger partial charge on any atom is -0.273 e. The minimum absolute atomic E-state index is 0.00225. The molecule has 0 saturated carbocycles. The molecular weight excluding hydrogens is 385 g/mol. The number of unbranched alkanes of at least 4 members (excludes halogenated alkanes) is 2. The van der Waals surface area contributed by atoms with Crippen LogP contribution in [0.4, 0.5) is 4.39 Å². The van der Waals surface area contributed by atoms with Gasteiger partial charge in [0.15, 0.2) is 0 Å². The third-order valence-electron chi connectivity index (χ3n) is 3.85. The van der Waals surface area contributed by atoms with Crippen LogP contribution in [0.2, 0.25) is 0 Å². The van der Waals surface area contributed by atoms with Crippen molar-refractivity contribution in [1.29, 1.82) is 0 Å². The molecule has 0 radical (unpaired) electrons. The molecular formula is C19H22FN3O4S.